The number of anilines is 1. The first kappa shape index (κ1) is 23.6. The predicted molar refractivity (Wildman–Crippen MR) is 139 cm³/mol. The Kier molecular flexibility index (Phi) is 6.14. The highest BCUT2D eigenvalue weighted by Gasteiger charge is 2.35. The lowest BCUT2D eigenvalue weighted by Crippen LogP contribution is -2.50. The van der Waals surface area contributed by atoms with E-state index >= 15 is 0 Å². The van der Waals surface area contributed by atoms with Gasteiger partial charge in [0, 0.05) is 78.2 Å². The molecule has 3 aromatic rings. The molecule has 2 N–H and O–H groups in total. The van der Waals surface area contributed by atoms with Crippen molar-refractivity contribution in [2.24, 2.45) is 0 Å². The maximum atomic E-state index is 13.2. The van der Waals surface area contributed by atoms with E-state index in [0.29, 0.717) is 48.0 Å². The van der Waals surface area contributed by atoms with Gasteiger partial charge in [-0.2, -0.15) is 0 Å². The number of piperazine rings is 1. The number of rotatable bonds is 4. The van der Waals surface area contributed by atoms with Crippen LogP contribution in [-0.2, 0) is 22.4 Å². The number of carbonyl (C=O) groups is 2. The Morgan fingerprint density at radius 2 is 1.89 bits per heavy atom. The highest BCUT2D eigenvalue weighted by atomic mass is 35.5. The third-order valence-corrected chi connectivity index (χ3v) is 7.15. The lowest BCUT2D eigenvalue weighted by molar-refractivity contribution is -0.138. The second-order valence-corrected chi connectivity index (χ2v) is 9.79. The molecule has 6 rings (SSSR count). The minimum Gasteiger partial charge on any atom is -0.479 e. The summed E-state index contributed by atoms with van der Waals surface area (Å²) in [4.78, 5) is 32.4. The van der Waals surface area contributed by atoms with Gasteiger partial charge in [0.15, 0.2) is 6.10 Å². The molecule has 1 aliphatic carbocycles. The van der Waals surface area contributed by atoms with Gasteiger partial charge in [-0.25, -0.2) is 4.39 Å². The summed E-state index contributed by atoms with van der Waals surface area (Å²) in [5.41, 5.74) is 5.14. The van der Waals surface area contributed by atoms with Gasteiger partial charge in [-0.05, 0) is 54.1 Å². The highest BCUT2D eigenvalue weighted by Crippen LogP contribution is 2.44. The molecule has 7 nitrogen and oxygen atoms in total. The van der Waals surface area contributed by atoms with Crippen molar-refractivity contribution in [2.75, 3.05) is 31.5 Å². The molecule has 1 saturated heterocycles. The lowest BCUT2D eigenvalue weighted by atomic mass is 9.97. The molecule has 0 bridgehead atoms. The molecule has 1 aromatic heterocycles. The van der Waals surface area contributed by atoms with Gasteiger partial charge in [0.1, 0.15) is 11.6 Å². The van der Waals surface area contributed by atoms with Crippen LogP contribution in [0.4, 0.5) is 10.1 Å². The molecular weight excluding hydrogens is 495 g/mol. The van der Waals surface area contributed by atoms with Crippen LogP contribution in [0.25, 0.3) is 17.2 Å². The topological polar surface area (TPSA) is 83.6 Å². The fraction of sp³-hybridized carbons (Fsp3) is 0.250. The second-order valence-electron chi connectivity index (χ2n) is 9.35. The number of benzene rings is 2. The van der Waals surface area contributed by atoms with Gasteiger partial charge < -0.3 is 20.3 Å². The van der Waals surface area contributed by atoms with Crippen LogP contribution >= 0.6 is 11.6 Å². The third kappa shape index (κ3) is 4.58. The maximum Gasteiger partial charge on any atom is 0.264 e. The van der Waals surface area contributed by atoms with E-state index in [2.05, 4.69) is 15.6 Å². The van der Waals surface area contributed by atoms with E-state index in [1.807, 2.05) is 29.2 Å². The van der Waals surface area contributed by atoms with Crippen molar-refractivity contribution in [2.45, 2.75) is 18.9 Å². The monoisotopic (exact) mass is 518 g/mol. The Labute approximate surface area is 218 Å². The number of amides is 2. The van der Waals surface area contributed by atoms with Gasteiger partial charge >= 0.3 is 0 Å². The smallest absolute Gasteiger partial charge is 0.264 e. The van der Waals surface area contributed by atoms with Crippen LogP contribution in [0.3, 0.4) is 0 Å². The van der Waals surface area contributed by atoms with Crippen molar-refractivity contribution in [3.63, 3.8) is 0 Å². The molecular formula is C28H24ClFN4O3. The summed E-state index contributed by atoms with van der Waals surface area (Å²) in [5, 5.41) is 6.62. The van der Waals surface area contributed by atoms with E-state index in [0.717, 1.165) is 41.0 Å². The SMILES string of the molecule is O=C(Nc1ccc(F)cc1)C1=Cc2c(-c3cc(Cl)cc4c3OC(C(=O)N3CCNCC3)C4)ccnc2C1. The zero-order chi connectivity index (χ0) is 25.5. The zero-order valence-corrected chi connectivity index (χ0v) is 20.6. The minimum absolute atomic E-state index is 0.0145. The van der Waals surface area contributed by atoms with Crippen LogP contribution in [0.1, 0.15) is 16.8 Å². The molecule has 0 spiro atoms. The molecule has 2 aliphatic heterocycles. The molecule has 0 saturated carbocycles. The number of fused-ring (bicyclic) bond motifs is 2. The lowest BCUT2D eigenvalue weighted by Gasteiger charge is -2.29. The van der Waals surface area contributed by atoms with E-state index in [-0.39, 0.29) is 17.6 Å². The molecule has 1 fully saturated rings. The van der Waals surface area contributed by atoms with Crippen molar-refractivity contribution in [1.29, 1.82) is 0 Å². The Balaban J connectivity index is 1.29. The Bertz CT molecular complexity index is 1430. The first-order valence-electron chi connectivity index (χ1n) is 12.2. The van der Waals surface area contributed by atoms with E-state index < -0.39 is 6.10 Å². The first-order chi connectivity index (χ1) is 18.0. The maximum absolute atomic E-state index is 13.2. The molecule has 37 heavy (non-hydrogen) atoms. The normalized spacial score (nSPS) is 18.1. The second kappa shape index (κ2) is 9.61. The number of halogens is 2. The standard InChI is InChI=1S/C28H24ClFN4O3/c29-18-11-16-14-25(28(36)34-9-7-31-8-10-34)37-26(16)23(15-18)21-5-6-32-24-13-17(12-22(21)24)27(35)33-20-3-1-19(30)2-4-20/h1-6,11-12,15,25,31H,7-10,13-14H2,(H,33,35). The van der Waals surface area contributed by atoms with Gasteiger partial charge in [0.25, 0.3) is 11.8 Å². The fourth-order valence-corrected chi connectivity index (χ4v) is 5.34. The molecule has 2 aromatic carbocycles. The average Bonchev–Trinajstić information content (AvgIpc) is 3.54. The Hall–Kier alpha value is -3.75. The number of aromatic nitrogens is 1. The van der Waals surface area contributed by atoms with Crippen molar-refractivity contribution in [1.82, 2.24) is 15.2 Å². The van der Waals surface area contributed by atoms with Crippen molar-refractivity contribution < 1.29 is 18.7 Å². The van der Waals surface area contributed by atoms with Gasteiger partial charge in [-0.1, -0.05) is 11.6 Å². The molecule has 188 valence electrons. The highest BCUT2D eigenvalue weighted by molar-refractivity contribution is 6.31. The number of carbonyl (C=O) groups excluding carboxylic acids is 2. The molecule has 1 atom stereocenters. The molecule has 3 aliphatic rings. The van der Waals surface area contributed by atoms with Crippen LogP contribution in [0, 0.1) is 5.82 Å². The third-order valence-electron chi connectivity index (χ3n) is 6.93. The number of nitrogens with zero attached hydrogens (tertiary/aromatic N) is 2. The summed E-state index contributed by atoms with van der Waals surface area (Å²) in [7, 11) is 0. The van der Waals surface area contributed by atoms with Crippen LogP contribution in [-0.4, -0.2) is 54.0 Å². The van der Waals surface area contributed by atoms with Gasteiger partial charge in [-0.15, -0.1) is 0 Å². The molecule has 1 unspecified atom stereocenters. The van der Waals surface area contributed by atoms with Crippen LogP contribution in [0.5, 0.6) is 5.75 Å². The van der Waals surface area contributed by atoms with Crippen LogP contribution in [0.2, 0.25) is 5.02 Å². The number of pyridine rings is 1. The zero-order valence-electron chi connectivity index (χ0n) is 19.9. The van der Waals surface area contributed by atoms with Crippen molar-refractivity contribution >= 4 is 35.2 Å². The number of hydrogen-bond acceptors (Lipinski definition) is 5. The summed E-state index contributed by atoms with van der Waals surface area (Å²) in [6.45, 7) is 2.87. The summed E-state index contributed by atoms with van der Waals surface area (Å²) in [6.07, 6.45) is 3.76. The average molecular weight is 519 g/mol. The van der Waals surface area contributed by atoms with E-state index in [1.54, 1.807) is 6.20 Å². The molecule has 9 heteroatoms. The van der Waals surface area contributed by atoms with Crippen LogP contribution < -0.4 is 15.4 Å². The quantitative estimate of drug-likeness (QED) is 0.548. The minimum atomic E-state index is -0.590. The van der Waals surface area contributed by atoms with Crippen molar-refractivity contribution in [3.05, 3.63) is 81.9 Å². The largest absolute Gasteiger partial charge is 0.479 e. The molecule has 0 radical (unpaired) electrons. The molecule has 2 amide bonds. The number of ether oxygens (including phenoxy) is 1. The Morgan fingerprint density at radius 1 is 1.11 bits per heavy atom. The predicted octanol–water partition coefficient (Wildman–Crippen LogP) is 3.85. The Morgan fingerprint density at radius 3 is 2.68 bits per heavy atom. The van der Waals surface area contributed by atoms with Crippen molar-refractivity contribution in [3.8, 4) is 16.9 Å². The first-order valence-corrected chi connectivity index (χ1v) is 12.6. The van der Waals surface area contributed by atoms with E-state index in [4.69, 9.17) is 16.3 Å². The molecule has 3 heterocycles. The van der Waals surface area contributed by atoms with Gasteiger partial charge in [0.2, 0.25) is 0 Å². The van der Waals surface area contributed by atoms with E-state index in [1.165, 1.54) is 24.3 Å². The summed E-state index contributed by atoms with van der Waals surface area (Å²) < 4.78 is 19.5. The van der Waals surface area contributed by atoms with E-state index in [9.17, 15) is 14.0 Å². The van der Waals surface area contributed by atoms with Crippen LogP contribution in [0.15, 0.2) is 54.2 Å². The number of hydrogen-bond donors (Lipinski definition) is 2. The summed E-state index contributed by atoms with van der Waals surface area (Å²) >= 11 is 6.50. The number of nitrogens with one attached hydrogen (secondary N) is 2. The van der Waals surface area contributed by atoms with Gasteiger partial charge in [-0.3, -0.25) is 14.6 Å². The van der Waals surface area contributed by atoms with Gasteiger partial charge in [0.05, 0.1) is 5.69 Å². The fourth-order valence-electron chi connectivity index (χ4n) is 5.10. The summed E-state index contributed by atoms with van der Waals surface area (Å²) in [5.74, 6) is -0.0134. The summed E-state index contributed by atoms with van der Waals surface area (Å²) in [6, 6.07) is 11.2.